The van der Waals surface area contributed by atoms with Crippen molar-refractivity contribution in [3.05, 3.63) is 22.4 Å². The summed E-state index contributed by atoms with van der Waals surface area (Å²) in [6.45, 7) is 4.30. The third-order valence-corrected chi connectivity index (χ3v) is 5.16. The highest BCUT2D eigenvalue weighted by Crippen LogP contribution is 2.22. The Kier molecular flexibility index (Phi) is 6.21. The van der Waals surface area contributed by atoms with E-state index in [1.807, 2.05) is 11.9 Å². The van der Waals surface area contributed by atoms with Crippen LogP contribution in [0.25, 0.3) is 0 Å². The van der Waals surface area contributed by atoms with Gasteiger partial charge in [0, 0.05) is 25.7 Å². The molecule has 0 aromatic carbocycles. The second-order valence-corrected chi connectivity index (χ2v) is 6.79. The van der Waals surface area contributed by atoms with Gasteiger partial charge in [0.15, 0.2) is 0 Å². The monoisotopic (exact) mass is 309 g/mol. The topological polar surface area (TPSA) is 49.6 Å². The van der Waals surface area contributed by atoms with Gasteiger partial charge in [-0.1, -0.05) is 6.92 Å². The number of carbonyl (C=O) groups excluding carboxylic acids is 1. The van der Waals surface area contributed by atoms with Gasteiger partial charge in [0.1, 0.15) is 0 Å². The van der Waals surface area contributed by atoms with E-state index in [0.717, 1.165) is 32.2 Å². The van der Waals surface area contributed by atoms with Crippen LogP contribution >= 0.6 is 11.3 Å². The first-order chi connectivity index (χ1) is 10.1. The quantitative estimate of drug-likeness (QED) is 0.877. The molecule has 118 valence electrons. The molecular formula is C16H27N3OS. The highest BCUT2D eigenvalue weighted by molar-refractivity contribution is 7.07. The molecule has 0 bridgehead atoms. The van der Waals surface area contributed by atoms with E-state index in [2.05, 4.69) is 28.7 Å². The summed E-state index contributed by atoms with van der Waals surface area (Å²) in [6, 6.07) is 2.96. The van der Waals surface area contributed by atoms with E-state index in [1.54, 1.807) is 11.3 Å². The summed E-state index contributed by atoms with van der Waals surface area (Å²) in [5, 5.41) is 4.15. The highest BCUT2D eigenvalue weighted by Gasteiger charge is 2.25. The van der Waals surface area contributed by atoms with Gasteiger partial charge >= 0.3 is 0 Å². The van der Waals surface area contributed by atoms with Crippen molar-refractivity contribution in [2.24, 2.45) is 5.73 Å². The molecule has 1 fully saturated rings. The summed E-state index contributed by atoms with van der Waals surface area (Å²) in [5.74, 6) is 0.206. The maximum atomic E-state index is 12.4. The molecule has 0 atom stereocenters. The number of amides is 1. The van der Waals surface area contributed by atoms with Gasteiger partial charge in [0.25, 0.3) is 0 Å². The molecule has 0 aliphatic heterocycles. The van der Waals surface area contributed by atoms with Crippen LogP contribution in [0.2, 0.25) is 0 Å². The lowest BCUT2D eigenvalue weighted by molar-refractivity contribution is -0.132. The predicted molar refractivity (Wildman–Crippen MR) is 88.3 cm³/mol. The van der Waals surface area contributed by atoms with Gasteiger partial charge in [-0.05, 0) is 54.6 Å². The molecule has 0 unspecified atom stereocenters. The second-order valence-electron chi connectivity index (χ2n) is 6.01. The number of rotatable bonds is 6. The van der Waals surface area contributed by atoms with Gasteiger partial charge in [0.2, 0.25) is 5.91 Å². The summed E-state index contributed by atoms with van der Waals surface area (Å²) in [4.78, 5) is 16.6. The first-order valence-electron chi connectivity index (χ1n) is 7.84. The predicted octanol–water partition coefficient (Wildman–Crippen LogP) is 2.30. The molecule has 0 radical (unpaired) electrons. The lowest BCUT2D eigenvalue weighted by Crippen LogP contribution is -2.45. The minimum Gasteiger partial charge on any atom is -0.340 e. The molecule has 4 nitrogen and oxygen atoms in total. The van der Waals surface area contributed by atoms with E-state index in [9.17, 15) is 4.79 Å². The second kappa shape index (κ2) is 7.92. The molecule has 1 aliphatic rings. The maximum absolute atomic E-state index is 12.4. The van der Waals surface area contributed by atoms with E-state index < -0.39 is 0 Å². The van der Waals surface area contributed by atoms with Crippen LogP contribution in [-0.2, 0) is 11.3 Å². The van der Waals surface area contributed by atoms with Crippen molar-refractivity contribution in [2.45, 2.75) is 51.2 Å². The van der Waals surface area contributed by atoms with Gasteiger partial charge in [-0.15, -0.1) is 0 Å². The van der Waals surface area contributed by atoms with Gasteiger partial charge in [-0.25, -0.2) is 0 Å². The Balaban J connectivity index is 1.84. The molecule has 2 rings (SSSR count). The number of hydrogen-bond donors (Lipinski definition) is 1. The molecule has 1 saturated carbocycles. The van der Waals surface area contributed by atoms with Crippen molar-refractivity contribution in [1.29, 1.82) is 0 Å². The zero-order valence-corrected chi connectivity index (χ0v) is 13.9. The lowest BCUT2D eigenvalue weighted by Gasteiger charge is -2.35. The lowest BCUT2D eigenvalue weighted by atomic mass is 9.90. The first-order valence-corrected chi connectivity index (χ1v) is 8.79. The zero-order chi connectivity index (χ0) is 15.2. The maximum Gasteiger partial charge on any atom is 0.236 e. The number of likely N-dealkylation sites (N-methyl/N-ethyl adjacent to an activating group) is 2. The molecule has 1 aromatic rings. The normalized spacial score (nSPS) is 22.5. The SMILES string of the molecule is CCN(CC(=O)N(C)Cc1ccsc1)C1CCC(N)CC1. The Hall–Kier alpha value is -0.910. The van der Waals surface area contributed by atoms with E-state index in [4.69, 9.17) is 5.73 Å². The number of hydrogen-bond acceptors (Lipinski definition) is 4. The first kappa shape index (κ1) is 16.5. The van der Waals surface area contributed by atoms with Crippen LogP contribution in [0.4, 0.5) is 0 Å². The standard InChI is InChI=1S/C16H27N3OS/c1-3-19(15-6-4-14(17)5-7-15)11-16(20)18(2)10-13-8-9-21-12-13/h8-9,12,14-15H,3-7,10-11,17H2,1-2H3. The van der Waals surface area contributed by atoms with Gasteiger partial charge < -0.3 is 10.6 Å². The largest absolute Gasteiger partial charge is 0.340 e. The molecule has 1 heterocycles. The minimum absolute atomic E-state index is 0.206. The van der Waals surface area contributed by atoms with Crippen LogP contribution in [-0.4, -0.2) is 47.9 Å². The fourth-order valence-electron chi connectivity index (χ4n) is 3.00. The molecule has 1 aliphatic carbocycles. The Bertz CT molecular complexity index is 427. The van der Waals surface area contributed by atoms with Crippen LogP contribution in [0.3, 0.4) is 0 Å². The summed E-state index contributed by atoms with van der Waals surface area (Å²) >= 11 is 1.67. The Labute approximate surface area is 131 Å². The number of carbonyl (C=O) groups is 1. The third-order valence-electron chi connectivity index (χ3n) is 4.43. The number of thiophene rings is 1. The summed E-state index contributed by atoms with van der Waals surface area (Å²) in [7, 11) is 1.89. The molecule has 5 heteroatoms. The van der Waals surface area contributed by atoms with E-state index >= 15 is 0 Å². The van der Waals surface area contributed by atoms with Crippen molar-refractivity contribution in [3.8, 4) is 0 Å². The van der Waals surface area contributed by atoms with E-state index in [-0.39, 0.29) is 5.91 Å². The van der Waals surface area contributed by atoms with Gasteiger partial charge in [-0.2, -0.15) is 11.3 Å². The van der Waals surface area contributed by atoms with Crippen molar-refractivity contribution in [3.63, 3.8) is 0 Å². The van der Waals surface area contributed by atoms with Crippen LogP contribution in [0.1, 0.15) is 38.2 Å². The summed E-state index contributed by atoms with van der Waals surface area (Å²) in [5.41, 5.74) is 7.18. The Morgan fingerprint density at radius 3 is 2.67 bits per heavy atom. The van der Waals surface area contributed by atoms with Crippen LogP contribution < -0.4 is 5.73 Å². The van der Waals surface area contributed by atoms with Crippen molar-refractivity contribution in [1.82, 2.24) is 9.80 Å². The summed E-state index contributed by atoms with van der Waals surface area (Å²) in [6.07, 6.45) is 4.41. The van der Waals surface area contributed by atoms with Crippen LogP contribution in [0, 0.1) is 0 Å². The molecule has 0 spiro atoms. The molecule has 1 amide bonds. The Morgan fingerprint density at radius 1 is 1.38 bits per heavy atom. The molecule has 0 saturated heterocycles. The fourth-order valence-corrected chi connectivity index (χ4v) is 3.66. The van der Waals surface area contributed by atoms with Crippen molar-refractivity contribution < 1.29 is 4.79 Å². The number of nitrogens with zero attached hydrogens (tertiary/aromatic N) is 2. The van der Waals surface area contributed by atoms with Crippen LogP contribution in [0.5, 0.6) is 0 Å². The minimum atomic E-state index is 0.206. The highest BCUT2D eigenvalue weighted by atomic mass is 32.1. The third kappa shape index (κ3) is 4.80. The molecule has 2 N–H and O–H groups in total. The van der Waals surface area contributed by atoms with Gasteiger partial charge in [-0.3, -0.25) is 9.69 Å². The number of nitrogens with two attached hydrogens (primary N) is 1. The summed E-state index contributed by atoms with van der Waals surface area (Å²) < 4.78 is 0. The van der Waals surface area contributed by atoms with E-state index in [0.29, 0.717) is 25.2 Å². The molecule has 21 heavy (non-hydrogen) atoms. The zero-order valence-electron chi connectivity index (χ0n) is 13.1. The average Bonchev–Trinajstić information content (AvgIpc) is 2.98. The molecular weight excluding hydrogens is 282 g/mol. The fraction of sp³-hybridized carbons (Fsp3) is 0.688. The van der Waals surface area contributed by atoms with Gasteiger partial charge in [0.05, 0.1) is 6.54 Å². The Morgan fingerprint density at radius 2 is 2.10 bits per heavy atom. The smallest absolute Gasteiger partial charge is 0.236 e. The van der Waals surface area contributed by atoms with Crippen LogP contribution in [0.15, 0.2) is 16.8 Å². The van der Waals surface area contributed by atoms with E-state index in [1.165, 1.54) is 5.56 Å². The van der Waals surface area contributed by atoms with Crippen molar-refractivity contribution >= 4 is 17.2 Å². The average molecular weight is 309 g/mol. The molecule has 1 aromatic heterocycles. The van der Waals surface area contributed by atoms with Crippen molar-refractivity contribution in [2.75, 3.05) is 20.1 Å².